The molecule has 0 unspecified atom stereocenters. The highest BCUT2D eigenvalue weighted by atomic mass is 15.2. The topological polar surface area (TPSA) is 24.7 Å². The molecule has 9 heavy (non-hydrogen) atoms. The molecule has 2 heteroatoms. The first kappa shape index (κ1) is 4.68. The number of hydrogen-bond acceptors (Lipinski definition) is 2. The SMILES string of the molecule is C1=CC2=NN=CC2=CC1. The van der Waals surface area contributed by atoms with E-state index in [1.807, 2.05) is 6.08 Å². The fourth-order valence-electron chi connectivity index (χ4n) is 0.939. The lowest BCUT2D eigenvalue weighted by molar-refractivity contribution is 1.28. The van der Waals surface area contributed by atoms with Crippen LogP contribution in [0.2, 0.25) is 0 Å². The van der Waals surface area contributed by atoms with Crippen LogP contribution < -0.4 is 0 Å². The van der Waals surface area contributed by atoms with E-state index >= 15 is 0 Å². The molecule has 0 saturated heterocycles. The summed E-state index contributed by atoms with van der Waals surface area (Å²) in [7, 11) is 0. The smallest absolute Gasteiger partial charge is 0.0939 e. The van der Waals surface area contributed by atoms with Crippen molar-refractivity contribution in [1.82, 2.24) is 0 Å². The fraction of sp³-hybridized carbons (Fsp3) is 0.143. The number of hydrogen-bond donors (Lipinski definition) is 0. The van der Waals surface area contributed by atoms with Crippen molar-refractivity contribution >= 4 is 11.9 Å². The quantitative estimate of drug-likeness (QED) is 0.458. The molecule has 0 bridgehead atoms. The zero-order chi connectivity index (χ0) is 6.10. The van der Waals surface area contributed by atoms with Gasteiger partial charge in [-0.1, -0.05) is 12.2 Å². The molecule has 0 atom stereocenters. The molecule has 1 aliphatic carbocycles. The maximum Gasteiger partial charge on any atom is 0.0939 e. The van der Waals surface area contributed by atoms with Crippen molar-refractivity contribution in [3.05, 3.63) is 23.8 Å². The second-order valence-corrected chi connectivity index (χ2v) is 2.03. The van der Waals surface area contributed by atoms with Crippen molar-refractivity contribution in [2.45, 2.75) is 6.42 Å². The summed E-state index contributed by atoms with van der Waals surface area (Å²) in [5.41, 5.74) is 2.17. The molecule has 1 aliphatic heterocycles. The molecule has 0 aromatic heterocycles. The molecule has 2 nitrogen and oxygen atoms in total. The molecule has 0 aromatic carbocycles. The summed E-state index contributed by atoms with van der Waals surface area (Å²) in [5.74, 6) is 0. The van der Waals surface area contributed by atoms with Crippen LogP contribution in [0.3, 0.4) is 0 Å². The Morgan fingerprint density at radius 1 is 1.44 bits per heavy atom. The van der Waals surface area contributed by atoms with E-state index in [2.05, 4.69) is 22.4 Å². The summed E-state index contributed by atoms with van der Waals surface area (Å²) in [6.45, 7) is 0. The molecule has 0 radical (unpaired) electrons. The van der Waals surface area contributed by atoms with E-state index in [-0.39, 0.29) is 0 Å². The minimum Gasteiger partial charge on any atom is -0.158 e. The van der Waals surface area contributed by atoms with Crippen LogP contribution in [0, 0.1) is 0 Å². The summed E-state index contributed by atoms with van der Waals surface area (Å²) in [6.07, 6.45) is 9.01. The summed E-state index contributed by atoms with van der Waals surface area (Å²) >= 11 is 0. The van der Waals surface area contributed by atoms with Crippen LogP contribution in [0.5, 0.6) is 0 Å². The maximum absolute atomic E-state index is 3.89. The Bertz CT molecular complexity index is 244. The molecule has 0 saturated carbocycles. The van der Waals surface area contributed by atoms with Crippen LogP contribution in [0.15, 0.2) is 34.0 Å². The fourth-order valence-corrected chi connectivity index (χ4v) is 0.939. The van der Waals surface area contributed by atoms with E-state index in [9.17, 15) is 0 Å². The molecule has 2 rings (SSSR count). The zero-order valence-corrected chi connectivity index (χ0v) is 4.91. The van der Waals surface area contributed by atoms with Crippen molar-refractivity contribution in [3.8, 4) is 0 Å². The largest absolute Gasteiger partial charge is 0.158 e. The van der Waals surface area contributed by atoms with Crippen molar-refractivity contribution in [2.24, 2.45) is 10.2 Å². The lowest BCUT2D eigenvalue weighted by Crippen LogP contribution is -1.98. The van der Waals surface area contributed by atoms with E-state index in [1.54, 1.807) is 6.21 Å². The van der Waals surface area contributed by atoms with Crippen molar-refractivity contribution < 1.29 is 0 Å². The standard InChI is InChI=1S/C7H6N2/c1-2-4-7-6(3-1)5-8-9-7/h2-5H,1H2. The van der Waals surface area contributed by atoms with Gasteiger partial charge in [-0.2, -0.15) is 10.2 Å². The predicted molar refractivity (Wildman–Crippen MR) is 37.8 cm³/mol. The van der Waals surface area contributed by atoms with E-state index in [0.29, 0.717) is 0 Å². The second kappa shape index (κ2) is 1.65. The highest BCUT2D eigenvalue weighted by Crippen LogP contribution is 2.11. The summed E-state index contributed by atoms with van der Waals surface area (Å²) < 4.78 is 0. The van der Waals surface area contributed by atoms with Crippen LogP contribution >= 0.6 is 0 Å². The number of allylic oxidation sites excluding steroid dienone is 4. The first-order valence-corrected chi connectivity index (χ1v) is 2.95. The van der Waals surface area contributed by atoms with Gasteiger partial charge in [0.2, 0.25) is 0 Å². The first-order valence-electron chi connectivity index (χ1n) is 2.95. The Hall–Kier alpha value is -1.18. The minimum atomic E-state index is 1.00. The van der Waals surface area contributed by atoms with Gasteiger partial charge in [-0.15, -0.1) is 0 Å². The summed E-state index contributed by atoms with van der Waals surface area (Å²) in [6, 6.07) is 0. The molecule has 0 aromatic rings. The Balaban J connectivity index is 2.46. The Labute approximate surface area is 53.3 Å². The molecular weight excluding hydrogens is 112 g/mol. The number of rotatable bonds is 0. The van der Waals surface area contributed by atoms with Gasteiger partial charge >= 0.3 is 0 Å². The zero-order valence-electron chi connectivity index (χ0n) is 4.91. The van der Waals surface area contributed by atoms with Gasteiger partial charge in [0.15, 0.2) is 0 Å². The molecule has 1 heterocycles. The number of fused-ring (bicyclic) bond motifs is 1. The second-order valence-electron chi connectivity index (χ2n) is 2.03. The van der Waals surface area contributed by atoms with Gasteiger partial charge in [-0.3, -0.25) is 0 Å². The number of nitrogens with zero attached hydrogens (tertiary/aromatic N) is 2. The Morgan fingerprint density at radius 3 is 3.33 bits per heavy atom. The monoisotopic (exact) mass is 118 g/mol. The lowest BCUT2D eigenvalue weighted by Gasteiger charge is -1.97. The first-order chi connectivity index (χ1) is 4.47. The van der Waals surface area contributed by atoms with Gasteiger partial charge in [0, 0.05) is 5.57 Å². The average molecular weight is 118 g/mol. The molecule has 44 valence electrons. The van der Waals surface area contributed by atoms with E-state index in [0.717, 1.165) is 17.7 Å². The highest BCUT2D eigenvalue weighted by Gasteiger charge is 2.07. The highest BCUT2D eigenvalue weighted by molar-refractivity contribution is 6.23. The van der Waals surface area contributed by atoms with Gasteiger partial charge in [0.05, 0.1) is 11.9 Å². The average Bonchev–Trinajstić information content (AvgIpc) is 2.33. The Morgan fingerprint density at radius 2 is 2.44 bits per heavy atom. The molecule has 2 aliphatic rings. The summed E-state index contributed by atoms with van der Waals surface area (Å²) in [5, 5.41) is 7.66. The third kappa shape index (κ3) is 0.633. The van der Waals surface area contributed by atoms with Gasteiger partial charge < -0.3 is 0 Å². The Kier molecular flexibility index (Phi) is 0.859. The van der Waals surface area contributed by atoms with Crippen LogP contribution in [-0.2, 0) is 0 Å². The minimum absolute atomic E-state index is 1.00. The van der Waals surface area contributed by atoms with E-state index < -0.39 is 0 Å². The third-order valence-corrected chi connectivity index (χ3v) is 1.41. The van der Waals surface area contributed by atoms with Gasteiger partial charge in [-0.25, -0.2) is 0 Å². The van der Waals surface area contributed by atoms with Crippen molar-refractivity contribution in [1.29, 1.82) is 0 Å². The van der Waals surface area contributed by atoms with Gasteiger partial charge in [0.25, 0.3) is 0 Å². The molecule has 0 N–H and O–H groups in total. The molecule has 0 spiro atoms. The lowest BCUT2D eigenvalue weighted by atomic mass is 10.1. The van der Waals surface area contributed by atoms with Crippen LogP contribution in [0.25, 0.3) is 0 Å². The van der Waals surface area contributed by atoms with E-state index in [1.165, 1.54) is 0 Å². The van der Waals surface area contributed by atoms with Gasteiger partial charge in [0.1, 0.15) is 0 Å². The maximum atomic E-state index is 3.89. The van der Waals surface area contributed by atoms with Crippen molar-refractivity contribution in [3.63, 3.8) is 0 Å². The van der Waals surface area contributed by atoms with Crippen molar-refractivity contribution in [2.75, 3.05) is 0 Å². The third-order valence-electron chi connectivity index (χ3n) is 1.41. The van der Waals surface area contributed by atoms with Crippen LogP contribution in [-0.4, -0.2) is 11.9 Å². The van der Waals surface area contributed by atoms with Crippen LogP contribution in [0.1, 0.15) is 6.42 Å². The van der Waals surface area contributed by atoms with Crippen LogP contribution in [0.4, 0.5) is 0 Å². The molecule has 0 amide bonds. The van der Waals surface area contributed by atoms with E-state index in [4.69, 9.17) is 0 Å². The molecule has 0 fully saturated rings. The van der Waals surface area contributed by atoms with Gasteiger partial charge in [-0.05, 0) is 12.5 Å². The normalized spacial score (nSPS) is 21.3. The predicted octanol–water partition coefficient (Wildman–Crippen LogP) is 1.31. The molecular formula is C7H6N2. The summed E-state index contributed by atoms with van der Waals surface area (Å²) in [4.78, 5) is 0.